The number of aliphatic carboxylic acids is 1. The number of hydrogen-bond acceptors (Lipinski definition) is 3. The number of amides is 3. The van der Waals surface area contributed by atoms with Gasteiger partial charge in [0.05, 0.1) is 10.0 Å². The molecule has 1 rings (SSSR count). The number of rotatable bonds is 9. The van der Waals surface area contributed by atoms with Gasteiger partial charge in [0, 0.05) is 5.69 Å². The largest absolute Gasteiger partial charge is 0.480 e. The van der Waals surface area contributed by atoms with Crippen molar-refractivity contribution in [2.45, 2.75) is 52.6 Å². The van der Waals surface area contributed by atoms with E-state index in [-0.39, 0.29) is 16.9 Å². The first-order valence-corrected chi connectivity index (χ1v) is 9.81. The van der Waals surface area contributed by atoms with E-state index in [1.807, 2.05) is 27.7 Å². The number of carbonyl (C=O) groups excluding carboxylic acids is 2. The maximum Gasteiger partial charge on any atom is 0.326 e. The van der Waals surface area contributed by atoms with Gasteiger partial charge in [-0.15, -0.1) is 0 Å². The molecule has 0 radical (unpaired) electrons. The molecule has 28 heavy (non-hydrogen) atoms. The van der Waals surface area contributed by atoms with Crippen LogP contribution in [-0.4, -0.2) is 35.1 Å². The molecule has 0 heterocycles. The van der Waals surface area contributed by atoms with Crippen LogP contribution in [0.1, 0.15) is 40.5 Å². The van der Waals surface area contributed by atoms with Crippen LogP contribution in [0.25, 0.3) is 0 Å². The summed E-state index contributed by atoms with van der Waals surface area (Å²) in [6.07, 6.45) is 0.652. The van der Waals surface area contributed by atoms with E-state index < -0.39 is 30.0 Å². The SMILES string of the molecule is CC(C)C[C@@H](NC(=O)[C@@H](CC(C)C)NC(=O)Nc1ccc(Cl)c(Cl)c1)C(=O)O. The van der Waals surface area contributed by atoms with Crippen molar-refractivity contribution in [3.05, 3.63) is 28.2 Å². The van der Waals surface area contributed by atoms with Gasteiger partial charge in [-0.2, -0.15) is 0 Å². The number of carbonyl (C=O) groups is 3. The Morgan fingerprint density at radius 3 is 2.00 bits per heavy atom. The minimum absolute atomic E-state index is 0.0934. The lowest BCUT2D eigenvalue weighted by Gasteiger charge is -2.23. The Hall–Kier alpha value is -1.99. The minimum atomic E-state index is -1.11. The first-order valence-electron chi connectivity index (χ1n) is 9.05. The highest BCUT2D eigenvalue weighted by molar-refractivity contribution is 6.42. The van der Waals surface area contributed by atoms with Crippen LogP contribution in [0.15, 0.2) is 18.2 Å². The fourth-order valence-corrected chi connectivity index (χ4v) is 2.87. The van der Waals surface area contributed by atoms with Crippen LogP contribution in [0.5, 0.6) is 0 Å². The Bertz CT molecular complexity index is 710. The molecule has 9 heteroatoms. The number of urea groups is 1. The van der Waals surface area contributed by atoms with Crippen LogP contribution in [0.4, 0.5) is 10.5 Å². The Balaban J connectivity index is 2.82. The Labute approximate surface area is 175 Å². The molecule has 2 atom stereocenters. The molecule has 0 unspecified atom stereocenters. The lowest BCUT2D eigenvalue weighted by Crippen LogP contribution is -2.53. The van der Waals surface area contributed by atoms with Gasteiger partial charge in [0.2, 0.25) is 5.91 Å². The second-order valence-electron chi connectivity index (χ2n) is 7.44. The average Bonchev–Trinajstić information content (AvgIpc) is 2.56. The predicted octanol–water partition coefficient (Wildman–Crippen LogP) is 4.15. The first-order chi connectivity index (χ1) is 13.0. The molecule has 0 saturated carbocycles. The van der Waals surface area contributed by atoms with Crippen LogP contribution in [0.3, 0.4) is 0 Å². The summed E-state index contributed by atoms with van der Waals surface area (Å²) in [7, 11) is 0. The Morgan fingerprint density at radius 1 is 0.929 bits per heavy atom. The van der Waals surface area contributed by atoms with Crippen molar-refractivity contribution in [2.24, 2.45) is 11.8 Å². The summed E-state index contributed by atoms with van der Waals surface area (Å²) < 4.78 is 0. The van der Waals surface area contributed by atoms with Crippen LogP contribution < -0.4 is 16.0 Å². The van der Waals surface area contributed by atoms with Crippen molar-refractivity contribution in [1.29, 1.82) is 0 Å². The van der Waals surface area contributed by atoms with Gasteiger partial charge in [0.25, 0.3) is 0 Å². The molecule has 0 spiro atoms. The summed E-state index contributed by atoms with van der Waals surface area (Å²) in [6.45, 7) is 7.55. The Morgan fingerprint density at radius 2 is 1.50 bits per heavy atom. The van der Waals surface area contributed by atoms with Gasteiger partial charge >= 0.3 is 12.0 Å². The van der Waals surface area contributed by atoms with E-state index in [1.165, 1.54) is 6.07 Å². The van der Waals surface area contributed by atoms with Crippen molar-refractivity contribution < 1.29 is 19.5 Å². The smallest absolute Gasteiger partial charge is 0.326 e. The molecule has 0 aromatic heterocycles. The maximum atomic E-state index is 12.6. The average molecular weight is 432 g/mol. The van der Waals surface area contributed by atoms with Gasteiger partial charge in [-0.05, 0) is 42.9 Å². The second kappa shape index (κ2) is 11.1. The molecule has 7 nitrogen and oxygen atoms in total. The molecule has 3 amide bonds. The molecule has 0 bridgehead atoms. The standard InChI is InChI=1S/C19H27Cl2N3O4/c1-10(2)7-15(17(25)23-16(18(26)27)8-11(3)4)24-19(28)22-12-5-6-13(20)14(21)9-12/h5-6,9-11,15-16H,7-8H2,1-4H3,(H,23,25)(H,26,27)(H2,22,24,28)/t15-,16-/m1/s1. The molecule has 0 aliphatic carbocycles. The molecular formula is C19H27Cl2N3O4. The topological polar surface area (TPSA) is 108 Å². The van der Waals surface area contributed by atoms with Crippen molar-refractivity contribution >= 4 is 46.8 Å². The van der Waals surface area contributed by atoms with Gasteiger partial charge in [-0.1, -0.05) is 50.9 Å². The molecule has 4 N–H and O–H groups in total. The first kappa shape index (κ1) is 24.0. The van der Waals surface area contributed by atoms with Crippen molar-refractivity contribution in [3.63, 3.8) is 0 Å². The Kier molecular flexibility index (Phi) is 9.55. The lowest BCUT2D eigenvalue weighted by molar-refractivity contribution is -0.142. The van der Waals surface area contributed by atoms with Crippen molar-refractivity contribution in [3.8, 4) is 0 Å². The number of benzene rings is 1. The number of carboxylic acids is 1. The van der Waals surface area contributed by atoms with Crippen LogP contribution in [0, 0.1) is 11.8 Å². The fourth-order valence-electron chi connectivity index (χ4n) is 2.57. The third-order valence-electron chi connectivity index (χ3n) is 3.83. The zero-order valence-electron chi connectivity index (χ0n) is 16.4. The molecule has 1 aromatic rings. The zero-order chi connectivity index (χ0) is 21.4. The number of nitrogens with one attached hydrogen (secondary N) is 3. The quantitative estimate of drug-likeness (QED) is 0.470. The van der Waals surface area contributed by atoms with Gasteiger partial charge in [-0.25, -0.2) is 9.59 Å². The van der Waals surface area contributed by atoms with Gasteiger partial charge in [0.1, 0.15) is 12.1 Å². The second-order valence-corrected chi connectivity index (χ2v) is 8.25. The number of halogens is 2. The summed E-state index contributed by atoms with van der Waals surface area (Å²) in [5.41, 5.74) is 0.416. The molecular weight excluding hydrogens is 405 g/mol. The third-order valence-corrected chi connectivity index (χ3v) is 4.57. The summed E-state index contributed by atoms with van der Waals surface area (Å²) in [4.78, 5) is 36.3. The van der Waals surface area contributed by atoms with E-state index in [0.717, 1.165) is 0 Å². The molecule has 0 aliphatic heterocycles. The van der Waals surface area contributed by atoms with Crippen LogP contribution in [0.2, 0.25) is 10.0 Å². The zero-order valence-corrected chi connectivity index (χ0v) is 17.9. The monoisotopic (exact) mass is 431 g/mol. The number of anilines is 1. The fraction of sp³-hybridized carbons (Fsp3) is 0.526. The highest BCUT2D eigenvalue weighted by Crippen LogP contribution is 2.25. The van der Waals surface area contributed by atoms with E-state index in [9.17, 15) is 19.5 Å². The predicted molar refractivity (Wildman–Crippen MR) is 111 cm³/mol. The normalized spacial score (nSPS) is 13.1. The maximum absolute atomic E-state index is 12.6. The highest BCUT2D eigenvalue weighted by atomic mass is 35.5. The summed E-state index contributed by atoms with van der Waals surface area (Å²) >= 11 is 11.8. The van der Waals surface area contributed by atoms with Gasteiger partial charge in [0.15, 0.2) is 0 Å². The molecule has 0 fully saturated rings. The minimum Gasteiger partial charge on any atom is -0.480 e. The lowest BCUT2D eigenvalue weighted by atomic mass is 10.0. The van der Waals surface area contributed by atoms with Crippen molar-refractivity contribution in [1.82, 2.24) is 10.6 Å². The van der Waals surface area contributed by atoms with Gasteiger partial charge < -0.3 is 21.1 Å². The molecule has 0 aliphatic rings. The van der Waals surface area contributed by atoms with Crippen molar-refractivity contribution in [2.75, 3.05) is 5.32 Å². The third kappa shape index (κ3) is 8.35. The van der Waals surface area contributed by atoms with E-state index in [0.29, 0.717) is 23.6 Å². The number of carboxylic acid groups (broad SMARTS) is 1. The highest BCUT2D eigenvalue weighted by Gasteiger charge is 2.27. The van der Waals surface area contributed by atoms with E-state index in [2.05, 4.69) is 16.0 Å². The van der Waals surface area contributed by atoms with E-state index in [1.54, 1.807) is 12.1 Å². The summed E-state index contributed by atoms with van der Waals surface area (Å²) in [6, 6.07) is 2.12. The van der Waals surface area contributed by atoms with E-state index >= 15 is 0 Å². The van der Waals surface area contributed by atoms with E-state index in [4.69, 9.17) is 23.2 Å². The number of hydrogen-bond donors (Lipinski definition) is 4. The molecule has 0 saturated heterocycles. The summed E-state index contributed by atoms with van der Waals surface area (Å²) in [5, 5.41) is 17.7. The van der Waals surface area contributed by atoms with Crippen LogP contribution >= 0.6 is 23.2 Å². The summed E-state index contributed by atoms with van der Waals surface area (Å²) in [5.74, 6) is -1.44. The van der Waals surface area contributed by atoms with Gasteiger partial charge in [-0.3, -0.25) is 4.79 Å². The van der Waals surface area contributed by atoms with Crippen LogP contribution in [-0.2, 0) is 9.59 Å². The molecule has 1 aromatic carbocycles. The molecule has 156 valence electrons.